The summed E-state index contributed by atoms with van der Waals surface area (Å²) in [6.07, 6.45) is 1.81. The SMILES string of the molecule is Cc1ccnc(N[C@H](c2ccccc2)c2c(NC(=O)c3ccccc3)sc(C)c2C)c1. The van der Waals surface area contributed by atoms with Crippen LogP contribution in [0.3, 0.4) is 0 Å². The highest BCUT2D eigenvalue weighted by Gasteiger charge is 2.25. The molecule has 0 radical (unpaired) electrons. The van der Waals surface area contributed by atoms with Gasteiger partial charge in [0.05, 0.1) is 6.04 Å². The first-order valence-corrected chi connectivity index (χ1v) is 11.0. The summed E-state index contributed by atoms with van der Waals surface area (Å²) in [5, 5.41) is 7.62. The molecule has 0 unspecified atom stereocenters. The van der Waals surface area contributed by atoms with Crippen LogP contribution in [0.5, 0.6) is 0 Å². The molecule has 0 saturated heterocycles. The quantitative estimate of drug-likeness (QED) is 0.368. The molecule has 0 spiro atoms. The molecule has 0 aliphatic carbocycles. The Morgan fingerprint density at radius 1 is 0.935 bits per heavy atom. The number of thiophene rings is 1. The Bertz CT molecular complexity index is 1190. The summed E-state index contributed by atoms with van der Waals surface area (Å²) in [5.74, 6) is 0.695. The number of benzene rings is 2. The molecule has 0 aliphatic rings. The molecule has 2 N–H and O–H groups in total. The van der Waals surface area contributed by atoms with Crippen molar-refractivity contribution in [3.63, 3.8) is 0 Å². The van der Waals surface area contributed by atoms with Crippen LogP contribution in [0.4, 0.5) is 10.8 Å². The van der Waals surface area contributed by atoms with Crippen molar-refractivity contribution in [1.82, 2.24) is 4.98 Å². The minimum atomic E-state index is -0.147. The molecule has 1 atom stereocenters. The number of amides is 1. The van der Waals surface area contributed by atoms with Gasteiger partial charge in [-0.1, -0.05) is 48.5 Å². The first kappa shape index (κ1) is 20.8. The molecule has 0 saturated carbocycles. The van der Waals surface area contributed by atoms with Crippen LogP contribution in [0.15, 0.2) is 79.0 Å². The summed E-state index contributed by atoms with van der Waals surface area (Å²) in [6.45, 7) is 6.26. The molecule has 4 aromatic rings. The van der Waals surface area contributed by atoms with E-state index in [4.69, 9.17) is 0 Å². The molecule has 4 rings (SSSR count). The number of carbonyl (C=O) groups excluding carboxylic acids is 1. The molecule has 31 heavy (non-hydrogen) atoms. The van der Waals surface area contributed by atoms with Gasteiger partial charge in [-0.15, -0.1) is 11.3 Å². The van der Waals surface area contributed by atoms with Crippen LogP contribution in [0.1, 0.15) is 43.5 Å². The number of hydrogen-bond donors (Lipinski definition) is 2. The van der Waals surface area contributed by atoms with Crippen molar-refractivity contribution < 1.29 is 4.79 Å². The number of aryl methyl sites for hydroxylation is 2. The van der Waals surface area contributed by atoms with Crippen molar-refractivity contribution in [3.8, 4) is 0 Å². The molecule has 2 heterocycles. The van der Waals surface area contributed by atoms with E-state index in [0.29, 0.717) is 5.56 Å². The third kappa shape index (κ3) is 4.67. The smallest absolute Gasteiger partial charge is 0.256 e. The van der Waals surface area contributed by atoms with E-state index in [0.717, 1.165) is 27.5 Å². The fourth-order valence-corrected chi connectivity index (χ4v) is 4.67. The summed E-state index contributed by atoms with van der Waals surface area (Å²) >= 11 is 1.61. The van der Waals surface area contributed by atoms with Crippen LogP contribution in [-0.2, 0) is 0 Å². The lowest BCUT2D eigenvalue weighted by atomic mass is 9.96. The van der Waals surface area contributed by atoms with Crippen LogP contribution in [-0.4, -0.2) is 10.9 Å². The van der Waals surface area contributed by atoms with Gasteiger partial charge in [0.25, 0.3) is 5.91 Å². The average Bonchev–Trinajstić information content (AvgIpc) is 3.06. The predicted octanol–water partition coefficient (Wildman–Crippen LogP) is 6.52. The molecule has 2 aromatic heterocycles. The zero-order valence-electron chi connectivity index (χ0n) is 17.8. The Morgan fingerprint density at radius 3 is 2.29 bits per heavy atom. The van der Waals surface area contributed by atoms with Gasteiger partial charge >= 0.3 is 0 Å². The van der Waals surface area contributed by atoms with Gasteiger partial charge in [0.1, 0.15) is 10.8 Å². The van der Waals surface area contributed by atoms with Crippen molar-refractivity contribution >= 4 is 28.1 Å². The third-order valence-electron chi connectivity index (χ3n) is 5.32. The molecule has 0 fully saturated rings. The summed E-state index contributed by atoms with van der Waals surface area (Å²) < 4.78 is 0. The van der Waals surface area contributed by atoms with Crippen molar-refractivity contribution in [1.29, 1.82) is 0 Å². The van der Waals surface area contributed by atoms with Crippen LogP contribution >= 0.6 is 11.3 Å². The average molecular weight is 428 g/mol. The molecular formula is C26H25N3OS. The fraction of sp³-hybridized carbons (Fsp3) is 0.154. The Kier molecular flexibility index (Phi) is 6.14. The lowest BCUT2D eigenvalue weighted by Gasteiger charge is -2.22. The number of aromatic nitrogens is 1. The van der Waals surface area contributed by atoms with E-state index >= 15 is 0 Å². The van der Waals surface area contributed by atoms with Crippen molar-refractivity contribution in [2.24, 2.45) is 0 Å². The van der Waals surface area contributed by atoms with Crippen LogP contribution in [0.2, 0.25) is 0 Å². The monoisotopic (exact) mass is 427 g/mol. The van der Waals surface area contributed by atoms with E-state index in [1.807, 2.05) is 66.9 Å². The van der Waals surface area contributed by atoms with E-state index in [1.54, 1.807) is 11.3 Å². The highest BCUT2D eigenvalue weighted by molar-refractivity contribution is 7.16. The van der Waals surface area contributed by atoms with Gasteiger partial charge in [0, 0.05) is 22.2 Å². The van der Waals surface area contributed by atoms with Gasteiger partial charge < -0.3 is 10.6 Å². The molecule has 2 aromatic carbocycles. The molecule has 0 bridgehead atoms. The van der Waals surface area contributed by atoms with Gasteiger partial charge in [-0.2, -0.15) is 0 Å². The number of carbonyl (C=O) groups is 1. The number of nitrogens with zero attached hydrogens (tertiary/aromatic N) is 1. The molecule has 4 nitrogen and oxygen atoms in total. The van der Waals surface area contributed by atoms with Gasteiger partial charge in [-0.3, -0.25) is 4.79 Å². The van der Waals surface area contributed by atoms with E-state index < -0.39 is 0 Å². The normalized spacial score (nSPS) is 11.7. The Morgan fingerprint density at radius 2 is 1.61 bits per heavy atom. The lowest BCUT2D eigenvalue weighted by molar-refractivity contribution is 0.102. The molecule has 0 aliphatic heterocycles. The van der Waals surface area contributed by atoms with Crippen LogP contribution in [0, 0.1) is 20.8 Å². The van der Waals surface area contributed by atoms with Gasteiger partial charge in [-0.25, -0.2) is 4.98 Å². The maximum absolute atomic E-state index is 12.9. The first-order chi connectivity index (χ1) is 15.0. The van der Waals surface area contributed by atoms with Gasteiger partial charge in [0.2, 0.25) is 0 Å². The second-order valence-electron chi connectivity index (χ2n) is 7.55. The number of anilines is 2. The zero-order chi connectivity index (χ0) is 21.8. The summed E-state index contributed by atoms with van der Waals surface area (Å²) in [4.78, 5) is 18.6. The van der Waals surface area contributed by atoms with Gasteiger partial charge in [0.15, 0.2) is 0 Å². The van der Waals surface area contributed by atoms with E-state index in [2.05, 4.69) is 48.5 Å². The summed E-state index contributed by atoms with van der Waals surface area (Å²) in [5.41, 5.74) is 5.13. The Balaban J connectivity index is 1.76. The third-order valence-corrected chi connectivity index (χ3v) is 6.46. The lowest BCUT2D eigenvalue weighted by Crippen LogP contribution is -2.18. The largest absolute Gasteiger partial charge is 0.359 e. The van der Waals surface area contributed by atoms with Crippen molar-refractivity contribution in [3.05, 3.63) is 112 Å². The summed E-state index contributed by atoms with van der Waals surface area (Å²) in [7, 11) is 0. The Hall–Kier alpha value is -3.44. The minimum absolute atomic E-state index is 0.108. The molecule has 1 amide bonds. The predicted molar refractivity (Wildman–Crippen MR) is 129 cm³/mol. The van der Waals surface area contributed by atoms with Crippen molar-refractivity contribution in [2.75, 3.05) is 10.6 Å². The highest BCUT2D eigenvalue weighted by atomic mass is 32.1. The van der Waals surface area contributed by atoms with E-state index in [9.17, 15) is 4.79 Å². The second kappa shape index (κ2) is 9.14. The maximum atomic E-state index is 12.9. The zero-order valence-corrected chi connectivity index (χ0v) is 18.7. The van der Waals surface area contributed by atoms with Crippen molar-refractivity contribution in [2.45, 2.75) is 26.8 Å². The molecular weight excluding hydrogens is 402 g/mol. The minimum Gasteiger partial charge on any atom is -0.359 e. The standard InChI is InChI=1S/C26H25N3OS/c1-17-14-15-27-22(16-17)28-24(20-10-6-4-7-11-20)23-18(2)19(3)31-26(23)29-25(30)21-12-8-5-9-13-21/h4-16,24H,1-3H3,(H,27,28)(H,29,30)/t24-/m1/s1. The molecule has 5 heteroatoms. The number of pyridine rings is 1. The maximum Gasteiger partial charge on any atom is 0.256 e. The van der Waals surface area contributed by atoms with Crippen LogP contribution < -0.4 is 10.6 Å². The summed E-state index contributed by atoms with van der Waals surface area (Å²) in [6, 6.07) is 23.4. The fourth-order valence-electron chi connectivity index (χ4n) is 3.58. The number of nitrogens with one attached hydrogen (secondary N) is 2. The number of rotatable bonds is 6. The van der Waals surface area contributed by atoms with Crippen LogP contribution in [0.25, 0.3) is 0 Å². The highest BCUT2D eigenvalue weighted by Crippen LogP contribution is 2.41. The number of hydrogen-bond acceptors (Lipinski definition) is 4. The molecule has 156 valence electrons. The topological polar surface area (TPSA) is 54.0 Å². The van der Waals surface area contributed by atoms with E-state index in [1.165, 1.54) is 10.4 Å². The second-order valence-corrected chi connectivity index (χ2v) is 8.78. The van der Waals surface area contributed by atoms with E-state index in [-0.39, 0.29) is 11.9 Å². The first-order valence-electron chi connectivity index (χ1n) is 10.2. The Labute approximate surface area is 187 Å². The van der Waals surface area contributed by atoms with Gasteiger partial charge in [-0.05, 0) is 61.7 Å².